The molecule has 22 heavy (non-hydrogen) atoms. The normalized spacial score (nSPS) is 16.8. The third-order valence-electron chi connectivity index (χ3n) is 4.42. The number of ether oxygens (including phenoxy) is 1. The van der Waals surface area contributed by atoms with E-state index in [0.29, 0.717) is 25.7 Å². The first-order valence-corrected chi connectivity index (χ1v) is 8.01. The van der Waals surface area contributed by atoms with Crippen LogP contribution in [0.15, 0.2) is 24.3 Å². The van der Waals surface area contributed by atoms with Gasteiger partial charge in [-0.15, -0.1) is 0 Å². The van der Waals surface area contributed by atoms with E-state index in [4.69, 9.17) is 4.74 Å². The number of methoxy groups -OCH3 is 1. The van der Waals surface area contributed by atoms with Gasteiger partial charge >= 0.3 is 5.97 Å². The molecule has 0 heterocycles. The number of amides is 1. The van der Waals surface area contributed by atoms with Crippen molar-refractivity contribution in [1.82, 2.24) is 5.32 Å². The molecule has 0 atom stereocenters. The second-order valence-corrected chi connectivity index (χ2v) is 6.17. The van der Waals surface area contributed by atoms with E-state index in [9.17, 15) is 9.59 Å². The highest BCUT2D eigenvalue weighted by molar-refractivity contribution is 5.88. The molecule has 120 valence electrons. The third kappa shape index (κ3) is 4.09. The number of carbonyl (C=O) groups is 2. The molecule has 1 N–H and O–H groups in total. The van der Waals surface area contributed by atoms with E-state index in [1.165, 1.54) is 12.7 Å². The lowest BCUT2D eigenvalue weighted by molar-refractivity contribution is -0.152. The highest BCUT2D eigenvalue weighted by Crippen LogP contribution is 2.29. The molecule has 1 saturated carbocycles. The number of esters is 1. The summed E-state index contributed by atoms with van der Waals surface area (Å²) in [7, 11) is 1.39. The van der Waals surface area contributed by atoms with Gasteiger partial charge in [0, 0.05) is 6.42 Å². The van der Waals surface area contributed by atoms with Crippen molar-refractivity contribution in [3.8, 4) is 0 Å². The largest absolute Gasteiger partial charge is 0.467 e. The number of hydrogen-bond acceptors (Lipinski definition) is 3. The van der Waals surface area contributed by atoms with Crippen LogP contribution in [0.3, 0.4) is 0 Å². The zero-order chi connectivity index (χ0) is 16.0. The molecular weight excluding hydrogens is 278 g/mol. The van der Waals surface area contributed by atoms with Crippen LogP contribution in [-0.4, -0.2) is 24.5 Å². The van der Waals surface area contributed by atoms with E-state index in [1.807, 2.05) is 31.2 Å². The Morgan fingerprint density at radius 3 is 2.36 bits per heavy atom. The van der Waals surface area contributed by atoms with E-state index in [0.717, 1.165) is 24.8 Å². The predicted molar refractivity (Wildman–Crippen MR) is 85.5 cm³/mol. The maximum atomic E-state index is 12.3. The van der Waals surface area contributed by atoms with E-state index in [-0.39, 0.29) is 11.9 Å². The number of rotatable bonds is 5. The molecule has 1 aliphatic rings. The lowest BCUT2D eigenvalue weighted by Gasteiger charge is -2.35. The quantitative estimate of drug-likeness (QED) is 0.851. The van der Waals surface area contributed by atoms with Crippen LogP contribution >= 0.6 is 0 Å². The van der Waals surface area contributed by atoms with Gasteiger partial charge in [0.15, 0.2) is 0 Å². The van der Waals surface area contributed by atoms with Crippen LogP contribution in [0.2, 0.25) is 0 Å². The van der Waals surface area contributed by atoms with Crippen molar-refractivity contribution < 1.29 is 14.3 Å². The number of benzene rings is 1. The Morgan fingerprint density at radius 1 is 1.14 bits per heavy atom. The fourth-order valence-electron chi connectivity index (χ4n) is 3.07. The fourth-order valence-corrected chi connectivity index (χ4v) is 3.07. The summed E-state index contributed by atoms with van der Waals surface area (Å²) >= 11 is 0. The van der Waals surface area contributed by atoms with Crippen molar-refractivity contribution in [1.29, 1.82) is 0 Å². The number of aryl methyl sites for hydroxylation is 2. The molecule has 1 fully saturated rings. The fraction of sp³-hybridized carbons (Fsp3) is 0.556. The van der Waals surface area contributed by atoms with Gasteiger partial charge in [-0.1, -0.05) is 49.1 Å². The standard InChI is InChI=1S/C18H25NO3/c1-14-6-8-15(9-7-14)10-11-16(20)19-18(17(21)22-2)12-4-3-5-13-18/h6-9H,3-5,10-13H2,1-2H3,(H,19,20). The van der Waals surface area contributed by atoms with Gasteiger partial charge in [-0.05, 0) is 31.7 Å². The van der Waals surface area contributed by atoms with Crippen molar-refractivity contribution in [2.75, 3.05) is 7.11 Å². The number of nitrogens with one attached hydrogen (secondary N) is 1. The molecular formula is C18H25NO3. The molecule has 0 aliphatic heterocycles. The van der Waals surface area contributed by atoms with Crippen LogP contribution in [0.5, 0.6) is 0 Å². The van der Waals surface area contributed by atoms with Crippen LogP contribution < -0.4 is 5.32 Å². The average Bonchev–Trinajstić information content (AvgIpc) is 2.54. The van der Waals surface area contributed by atoms with E-state index in [1.54, 1.807) is 0 Å². The van der Waals surface area contributed by atoms with E-state index >= 15 is 0 Å². The minimum absolute atomic E-state index is 0.0760. The molecule has 1 amide bonds. The lowest BCUT2D eigenvalue weighted by Crippen LogP contribution is -2.56. The number of carbonyl (C=O) groups excluding carboxylic acids is 2. The van der Waals surface area contributed by atoms with Crippen molar-refractivity contribution in [2.24, 2.45) is 0 Å². The monoisotopic (exact) mass is 303 g/mol. The van der Waals surface area contributed by atoms with Crippen LogP contribution in [0.25, 0.3) is 0 Å². The Morgan fingerprint density at radius 2 is 1.77 bits per heavy atom. The maximum absolute atomic E-state index is 12.3. The van der Waals surface area contributed by atoms with Crippen molar-refractivity contribution in [2.45, 2.75) is 57.4 Å². The summed E-state index contributed by atoms with van der Waals surface area (Å²) in [6, 6.07) is 8.17. The topological polar surface area (TPSA) is 55.4 Å². The number of hydrogen-bond donors (Lipinski definition) is 1. The molecule has 4 heteroatoms. The van der Waals surface area contributed by atoms with Gasteiger partial charge in [0.2, 0.25) is 5.91 Å². The van der Waals surface area contributed by atoms with Gasteiger partial charge in [-0.2, -0.15) is 0 Å². The maximum Gasteiger partial charge on any atom is 0.331 e. The minimum atomic E-state index is -0.808. The molecule has 0 spiro atoms. The zero-order valence-electron chi connectivity index (χ0n) is 13.5. The van der Waals surface area contributed by atoms with Crippen LogP contribution in [-0.2, 0) is 20.7 Å². The Labute approximate surface area is 132 Å². The molecule has 0 radical (unpaired) electrons. The van der Waals surface area contributed by atoms with E-state index in [2.05, 4.69) is 5.32 Å². The molecule has 4 nitrogen and oxygen atoms in total. The van der Waals surface area contributed by atoms with Crippen LogP contribution in [0, 0.1) is 6.92 Å². The molecule has 1 aromatic carbocycles. The van der Waals surface area contributed by atoms with Gasteiger partial charge in [0.25, 0.3) is 0 Å². The first-order valence-electron chi connectivity index (χ1n) is 8.01. The second-order valence-electron chi connectivity index (χ2n) is 6.17. The molecule has 1 aromatic rings. The summed E-state index contributed by atoms with van der Waals surface area (Å²) in [5.74, 6) is -0.385. The summed E-state index contributed by atoms with van der Waals surface area (Å²) in [5, 5.41) is 2.95. The van der Waals surface area contributed by atoms with Gasteiger partial charge in [-0.25, -0.2) is 4.79 Å². The van der Waals surface area contributed by atoms with Gasteiger partial charge in [0.1, 0.15) is 5.54 Å². The van der Waals surface area contributed by atoms with Gasteiger partial charge in [0.05, 0.1) is 7.11 Å². The lowest BCUT2D eigenvalue weighted by atomic mass is 9.81. The Hall–Kier alpha value is -1.84. The van der Waals surface area contributed by atoms with Crippen molar-refractivity contribution >= 4 is 11.9 Å². The summed E-state index contributed by atoms with van der Waals surface area (Å²) in [6.07, 6.45) is 5.44. The first kappa shape index (κ1) is 16.5. The predicted octanol–water partition coefficient (Wildman–Crippen LogP) is 2.92. The van der Waals surface area contributed by atoms with Gasteiger partial charge in [-0.3, -0.25) is 4.79 Å². The molecule has 0 unspecified atom stereocenters. The first-order chi connectivity index (χ1) is 10.6. The Balaban J connectivity index is 1.93. The average molecular weight is 303 g/mol. The summed E-state index contributed by atoms with van der Waals surface area (Å²) in [5.41, 5.74) is 1.54. The second kappa shape index (κ2) is 7.43. The highest BCUT2D eigenvalue weighted by atomic mass is 16.5. The summed E-state index contributed by atoms with van der Waals surface area (Å²) in [6.45, 7) is 2.04. The summed E-state index contributed by atoms with van der Waals surface area (Å²) in [4.78, 5) is 24.4. The Bertz CT molecular complexity index is 516. The SMILES string of the molecule is COC(=O)C1(NC(=O)CCc2ccc(C)cc2)CCCCC1. The zero-order valence-corrected chi connectivity index (χ0v) is 13.5. The van der Waals surface area contributed by atoms with Crippen molar-refractivity contribution in [3.63, 3.8) is 0 Å². The minimum Gasteiger partial charge on any atom is -0.467 e. The van der Waals surface area contributed by atoms with Crippen LogP contribution in [0.1, 0.15) is 49.7 Å². The van der Waals surface area contributed by atoms with Crippen molar-refractivity contribution in [3.05, 3.63) is 35.4 Å². The van der Waals surface area contributed by atoms with E-state index < -0.39 is 5.54 Å². The van der Waals surface area contributed by atoms with Crippen LogP contribution in [0.4, 0.5) is 0 Å². The third-order valence-corrected chi connectivity index (χ3v) is 4.42. The summed E-state index contributed by atoms with van der Waals surface area (Å²) < 4.78 is 4.92. The Kier molecular flexibility index (Phi) is 5.58. The molecule has 0 bridgehead atoms. The molecule has 2 rings (SSSR count). The molecule has 1 aliphatic carbocycles. The molecule has 0 aromatic heterocycles. The smallest absolute Gasteiger partial charge is 0.331 e. The van der Waals surface area contributed by atoms with Gasteiger partial charge < -0.3 is 10.1 Å². The highest BCUT2D eigenvalue weighted by Gasteiger charge is 2.41. The molecule has 0 saturated heterocycles.